The van der Waals surface area contributed by atoms with Crippen LogP contribution in [0.1, 0.15) is 0 Å². The molecule has 0 aliphatic heterocycles. The van der Waals surface area contributed by atoms with Crippen molar-refractivity contribution in [3.05, 3.63) is 33.9 Å². The summed E-state index contributed by atoms with van der Waals surface area (Å²) < 4.78 is 12.0. The molecule has 1 aromatic carbocycles. The molecular formula is C14H12Cl3NO5S. The van der Waals surface area contributed by atoms with Crippen LogP contribution in [0.5, 0.6) is 0 Å². The molecule has 0 spiro atoms. The highest BCUT2D eigenvalue weighted by molar-refractivity contribution is 7.16. The Bertz CT molecular complexity index is 788. The largest absolute Gasteiger partial charge is 0.460 e. The van der Waals surface area contributed by atoms with Crippen LogP contribution in [-0.2, 0) is 25.6 Å². The van der Waals surface area contributed by atoms with E-state index in [0.717, 1.165) is 16.0 Å². The SMILES string of the molecule is O=C(Cn1c(=O)sc2ccccc21)O[C@@H](CCl)COC(=O)C(Cl)Cl. The van der Waals surface area contributed by atoms with Gasteiger partial charge in [0.15, 0.2) is 0 Å². The Kier molecular flexibility index (Phi) is 6.91. The van der Waals surface area contributed by atoms with Crippen molar-refractivity contribution < 1.29 is 19.1 Å². The van der Waals surface area contributed by atoms with Gasteiger partial charge in [0, 0.05) is 0 Å². The van der Waals surface area contributed by atoms with Gasteiger partial charge in [0.05, 0.1) is 16.1 Å². The minimum absolute atomic E-state index is 0.0897. The molecule has 0 saturated heterocycles. The van der Waals surface area contributed by atoms with E-state index in [1.807, 2.05) is 0 Å². The topological polar surface area (TPSA) is 74.6 Å². The predicted octanol–water partition coefficient (Wildman–Crippen LogP) is 2.56. The number of ether oxygens (including phenoxy) is 2. The van der Waals surface area contributed by atoms with Gasteiger partial charge in [-0.3, -0.25) is 14.2 Å². The Morgan fingerprint density at radius 3 is 2.62 bits per heavy atom. The van der Waals surface area contributed by atoms with Crippen LogP contribution in [0.2, 0.25) is 0 Å². The molecule has 0 aliphatic rings. The molecule has 6 nitrogen and oxygen atoms in total. The number of halogens is 3. The van der Waals surface area contributed by atoms with E-state index in [4.69, 9.17) is 44.3 Å². The number of carbonyl (C=O) groups excluding carboxylic acids is 2. The van der Waals surface area contributed by atoms with Gasteiger partial charge in [-0.25, -0.2) is 4.79 Å². The number of benzene rings is 1. The highest BCUT2D eigenvalue weighted by atomic mass is 35.5. The smallest absolute Gasteiger partial charge is 0.339 e. The summed E-state index contributed by atoms with van der Waals surface area (Å²) >= 11 is 17.4. The van der Waals surface area contributed by atoms with Crippen LogP contribution in [0.25, 0.3) is 10.2 Å². The highest BCUT2D eigenvalue weighted by Gasteiger charge is 2.20. The molecule has 0 amide bonds. The van der Waals surface area contributed by atoms with Crippen LogP contribution in [0, 0.1) is 0 Å². The van der Waals surface area contributed by atoms with Gasteiger partial charge in [-0.15, -0.1) is 11.6 Å². The summed E-state index contributed by atoms with van der Waals surface area (Å²) in [4.78, 5) is 33.6. The van der Waals surface area contributed by atoms with Gasteiger partial charge in [0.25, 0.3) is 0 Å². The average Bonchev–Trinajstić information content (AvgIpc) is 2.86. The quantitative estimate of drug-likeness (QED) is 0.516. The van der Waals surface area contributed by atoms with Crippen molar-refractivity contribution in [3.63, 3.8) is 0 Å². The zero-order valence-corrected chi connectivity index (χ0v) is 15.2. The van der Waals surface area contributed by atoms with Crippen molar-refractivity contribution in [3.8, 4) is 0 Å². The van der Waals surface area contributed by atoms with Gasteiger partial charge in [0.2, 0.25) is 4.84 Å². The first-order valence-electron chi connectivity index (χ1n) is 6.71. The van der Waals surface area contributed by atoms with Crippen molar-refractivity contribution in [2.24, 2.45) is 0 Å². The monoisotopic (exact) mass is 411 g/mol. The highest BCUT2D eigenvalue weighted by Crippen LogP contribution is 2.16. The first kappa shape index (κ1) is 19.1. The van der Waals surface area contributed by atoms with E-state index < -0.39 is 22.9 Å². The summed E-state index contributed by atoms with van der Waals surface area (Å²) in [5.41, 5.74) is 0.644. The molecule has 0 saturated carbocycles. The Hall–Kier alpha value is -1.28. The summed E-state index contributed by atoms with van der Waals surface area (Å²) in [6, 6.07) is 7.10. The molecule has 24 heavy (non-hydrogen) atoms. The number of aromatic nitrogens is 1. The first-order valence-corrected chi connectivity index (χ1v) is 8.93. The van der Waals surface area contributed by atoms with Crippen LogP contribution in [0.3, 0.4) is 0 Å². The van der Waals surface area contributed by atoms with E-state index in [9.17, 15) is 14.4 Å². The van der Waals surface area contributed by atoms with E-state index >= 15 is 0 Å². The second-order valence-electron chi connectivity index (χ2n) is 4.62. The Morgan fingerprint density at radius 1 is 1.25 bits per heavy atom. The van der Waals surface area contributed by atoms with Crippen LogP contribution in [-0.4, -0.2) is 39.9 Å². The molecule has 2 aromatic rings. The molecule has 1 aromatic heterocycles. The van der Waals surface area contributed by atoms with E-state index in [1.165, 1.54) is 4.57 Å². The van der Waals surface area contributed by atoms with Crippen molar-refractivity contribution in [1.29, 1.82) is 0 Å². The van der Waals surface area contributed by atoms with E-state index in [0.29, 0.717) is 5.52 Å². The maximum absolute atomic E-state index is 12.0. The second-order valence-corrected chi connectivity index (χ2v) is 7.02. The Morgan fingerprint density at radius 2 is 1.96 bits per heavy atom. The number of hydrogen-bond acceptors (Lipinski definition) is 6. The van der Waals surface area contributed by atoms with E-state index in [2.05, 4.69) is 0 Å². The molecule has 2 rings (SSSR count). The van der Waals surface area contributed by atoms with Gasteiger partial charge >= 0.3 is 16.8 Å². The molecule has 0 aliphatic carbocycles. The number of nitrogens with zero attached hydrogens (tertiary/aromatic N) is 1. The van der Waals surface area contributed by atoms with Crippen LogP contribution in [0.4, 0.5) is 0 Å². The molecule has 0 N–H and O–H groups in total. The molecular weight excluding hydrogens is 401 g/mol. The second kappa shape index (κ2) is 8.71. The average molecular weight is 413 g/mol. The number of hydrogen-bond donors (Lipinski definition) is 0. The van der Waals surface area contributed by atoms with Crippen LogP contribution >= 0.6 is 46.1 Å². The summed E-state index contributed by atoms with van der Waals surface area (Å²) in [6.07, 6.45) is -0.865. The zero-order valence-electron chi connectivity index (χ0n) is 12.1. The lowest BCUT2D eigenvalue weighted by molar-refractivity contribution is -0.157. The maximum Gasteiger partial charge on any atom is 0.339 e. The lowest BCUT2D eigenvalue weighted by Crippen LogP contribution is -2.30. The van der Waals surface area contributed by atoms with Crippen LogP contribution in [0.15, 0.2) is 29.1 Å². The first-order chi connectivity index (χ1) is 11.4. The molecule has 130 valence electrons. The summed E-state index contributed by atoms with van der Waals surface area (Å²) in [5.74, 6) is -1.62. The fraction of sp³-hybridized carbons (Fsp3) is 0.357. The number of thiazole rings is 1. The fourth-order valence-electron chi connectivity index (χ4n) is 1.86. The van der Waals surface area contributed by atoms with Crippen molar-refractivity contribution >= 4 is 68.3 Å². The third kappa shape index (κ3) is 4.86. The third-order valence-corrected chi connectivity index (χ3v) is 4.58. The summed E-state index contributed by atoms with van der Waals surface area (Å²) in [6.45, 7) is -0.541. The number of carbonyl (C=O) groups is 2. The van der Waals surface area contributed by atoms with Crippen molar-refractivity contribution in [2.45, 2.75) is 17.5 Å². The van der Waals surface area contributed by atoms with Crippen LogP contribution < -0.4 is 4.87 Å². The van der Waals surface area contributed by atoms with Gasteiger partial charge in [-0.05, 0) is 12.1 Å². The van der Waals surface area contributed by atoms with Crippen molar-refractivity contribution in [2.75, 3.05) is 12.5 Å². The zero-order chi connectivity index (χ0) is 17.7. The number of esters is 2. The van der Waals surface area contributed by atoms with Gasteiger partial charge < -0.3 is 9.47 Å². The predicted molar refractivity (Wildman–Crippen MR) is 93.1 cm³/mol. The Balaban J connectivity index is 1.99. The standard InChI is InChI=1S/C14H12Cl3NO5S/c15-5-8(7-22-13(20)12(16)17)23-11(19)6-18-9-3-1-2-4-10(9)24-14(18)21/h1-4,8,12H,5-7H2/t8-/m0/s1. The lowest BCUT2D eigenvalue weighted by Gasteiger charge is -2.16. The summed E-state index contributed by atoms with van der Waals surface area (Å²) in [7, 11) is 0. The van der Waals surface area contributed by atoms with Gasteiger partial charge in [0.1, 0.15) is 19.3 Å². The molecule has 0 bridgehead atoms. The molecule has 1 atom stereocenters. The molecule has 10 heteroatoms. The number of fused-ring (bicyclic) bond motifs is 1. The minimum atomic E-state index is -1.33. The van der Waals surface area contributed by atoms with Gasteiger partial charge in [-0.1, -0.05) is 46.7 Å². The molecule has 0 radical (unpaired) electrons. The number of rotatable bonds is 7. The van der Waals surface area contributed by atoms with E-state index in [-0.39, 0.29) is 23.9 Å². The minimum Gasteiger partial charge on any atom is -0.460 e. The Labute approximate surface area is 155 Å². The number of para-hydroxylation sites is 1. The maximum atomic E-state index is 12.0. The molecule has 0 fully saturated rings. The van der Waals surface area contributed by atoms with Gasteiger partial charge in [-0.2, -0.15) is 0 Å². The van der Waals surface area contributed by atoms with Crippen molar-refractivity contribution in [1.82, 2.24) is 4.57 Å². The normalized spacial score (nSPS) is 12.3. The fourth-order valence-corrected chi connectivity index (χ4v) is 3.03. The molecule has 1 heterocycles. The summed E-state index contributed by atoms with van der Waals surface area (Å²) in [5, 5.41) is 0. The molecule has 0 unspecified atom stereocenters. The van der Waals surface area contributed by atoms with E-state index in [1.54, 1.807) is 24.3 Å². The third-order valence-electron chi connectivity index (χ3n) is 2.92. The number of alkyl halides is 3. The lowest BCUT2D eigenvalue weighted by atomic mass is 10.3.